The second-order valence-electron chi connectivity index (χ2n) is 4.98. The lowest BCUT2D eigenvalue weighted by Gasteiger charge is -2.18. The Hall–Kier alpha value is -1.87. The third-order valence-corrected chi connectivity index (χ3v) is 3.67. The van der Waals surface area contributed by atoms with Crippen LogP contribution in [-0.4, -0.2) is 35.6 Å². The van der Waals surface area contributed by atoms with Crippen molar-refractivity contribution in [2.45, 2.75) is 27.2 Å². The molecule has 1 rings (SSSR count). The van der Waals surface area contributed by atoms with E-state index < -0.39 is 5.97 Å². The van der Waals surface area contributed by atoms with Gasteiger partial charge in [-0.15, -0.1) is 0 Å². The highest BCUT2D eigenvalue weighted by Gasteiger charge is 2.08. The van der Waals surface area contributed by atoms with Crippen LogP contribution in [0.1, 0.15) is 32.8 Å². The van der Waals surface area contributed by atoms with Crippen LogP contribution in [0.25, 0.3) is 6.08 Å². The molecule has 0 fully saturated rings. The summed E-state index contributed by atoms with van der Waals surface area (Å²) in [5.74, 6) is -0.845. The molecule has 0 aliphatic heterocycles. The summed E-state index contributed by atoms with van der Waals surface area (Å²) in [5.41, 5.74) is 2.39. The first kappa shape index (κ1) is 17.2. The Morgan fingerprint density at radius 1 is 1.19 bits per heavy atom. The van der Waals surface area contributed by atoms with Crippen molar-refractivity contribution in [1.82, 2.24) is 4.90 Å². The second-order valence-corrected chi connectivity index (χ2v) is 4.98. The van der Waals surface area contributed by atoms with Gasteiger partial charge in [0.05, 0.1) is 0 Å². The van der Waals surface area contributed by atoms with E-state index in [4.69, 9.17) is 0 Å². The fourth-order valence-corrected chi connectivity index (χ4v) is 2.11. The van der Waals surface area contributed by atoms with Gasteiger partial charge in [0.1, 0.15) is 0 Å². The van der Waals surface area contributed by atoms with Crippen molar-refractivity contribution in [1.29, 1.82) is 0 Å². The number of nitrogens with zero attached hydrogens (tertiary/aromatic N) is 1. The number of aliphatic carboxylic acids is 1. The SMILES string of the molecule is CCN(CC)CCC(C=Cc1ccccc1)=C(C)C(=O)O. The fraction of sp³-hybridized carbons (Fsp3) is 0.389. The van der Waals surface area contributed by atoms with Gasteiger partial charge in [0, 0.05) is 12.1 Å². The van der Waals surface area contributed by atoms with Crippen LogP contribution in [0, 0.1) is 0 Å². The molecule has 1 N–H and O–H groups in total. The lowest BCUT2D eigenvalue weighted by molar-refractivity contribution is -0.132. The highest BCUT2D eigenvalue weighted by Crippen LogP contribution is 2.14. The lowest BCUT2D eigenvalue weighted by atomic mass is 10.0. The molecular weight excluding hydrogens is 262 g/mol. The predicted molar refractivity (Wildman–Crippen MR) is 88.2 cm³/mol. The highest BCUT2D eigenvalue weighted by atomic mass is 16.4. The molecule has 0 saturated heterocycles. The Bertz CT molecular complexity index is 499. The number of rotatable bonds is 8. The zero-order valence-corrected chi connectivity index (χ0v) is 13.2. The highest BCUT2D eigenvalue weighted by molar-refractivity contribution is 5.87. The van der Waals surface area contributed by atoms with Gasteiger partial charge in [0.15, 0.2) is 0 Å². The van der Waals surface area contributed by atoms with Crippen LogP contribution in [0.15, 0.2) is 47.6 Å². The molecule has 0 amide bonds. The summed E-state index contributed by atoms with van der Waals surface area (Å²) >= 11 is 0. The van der Waals surface area contributed by atoms with E-state index in [1.807, 2.05) is 42.5 Å². The Morgan fingerprint density at radius 2 is 1.81 bits per heavy atom. The van der Waals surface area contributed by atoms with Crippen molar-refractivity contribution in [2.24, 2.45) is 0 Å². The van der Waals surface area contributed by atoms with Crippen molar-refractivity contribution in [3.8, 4) is 0 Å². The van der Waals surface area contributed by atoms with Gasteiger partial charge in [-0.25, -0.2) is 4.79 Å². The summed E-state index contributed by atoms with van der Waals surface area (Å²) in [6, 6.07) is 9.94. The van der Waals surface area contributed by atoms with Gasteiger partial charge in [-0.1, -0.05) is 56.3 Å². The first-order chi connectivity index (χ1) is 10.1. The molecule has 1 aromatic rings. The third kappa shape index (κ3) is 5.96. The predicted octanol–water partition coefficient (Wildman–Crippen LogP) is 3.83. The third-order valence-electron chi connectivity index (χ3n) is 3.67. The van der Waals surface area contributed by atoms with E-state index in [2.05, 4.69) is 18.7 Å². The Balaban J connectivity index is 2.86. The molecule has 0 saturated carbocycles. The van der Waals surface area contributed by atoms with E-state index in [-0.39, 0.29) is 0 Å². The number of carboxylic acids is 1. The molecule has 3 nitrogen and oxygen atoms in total. The summed E-state index contributed by atoms with van der Waals surface area (Å²) in [7, 11) is 0. The Kier molecular flexibility index (Phi) is 7.48. The summed E-state index contributed by atoms with van der Waals surface area (Å²) in [4.78, 5) is 13.5. The molecule has 0 radical (unpaired) electrons. The van der Waals surface area contributed by atoms with Crippen molar-refractivity contribution < 1.29 is 9.90 Å². The summed E-state index contributed by atoms with van der Waals surface area (Å²) in [6.07, 6.45) is 4.66. The standard InChI is InChI=1S/C18H25NO2/c1-4-19(5-2)14-13-17(15(3)18(20)21)12-11-16-9-7-6-8-10-16/h6-12H,4-5,13-14H2,1-3H3,(H,20,21). The molecule has 0 unspecified atom stereocenters. The van der Waals surface area contributed by atoms with Crippen molar-refractivity contribution >= 4 is 12.0 Å². The molecule has 21 heavy (non-hydrogen) atoms. The average Bonchev–Trinajstić information content (AvgIpc) is 2.51. The van der Waals surface area contributed by atoms with Crippen LogP contribution >= 0.6 is 0 Å². The zero-order valence-electron chi connectivity index (χ0n) is 13.2. The number of hydrogen-bond acceptors (Lipinski definition) is 2. The van der Waals surface area contributed by atoms with Gasteiger partial charge in [-0.05, 0) is 37.6 Å². The normalized spacial score (nSPS) is 12.8. The number of allylic oxidation sites excluding steroid dienone is 1. The summed E-state index contributed by atoms with van der Waals surface area (Å²) in [5, 5.41) is 9.22. The molecule has 0 aromatic heterocycles. The van der Waals surface area contributed by atoms with Crippen molar-refractivity contribution in [3.63, 3.8) is 0 Å². The van der Waals surface area contributed by atoms with Gasteiger partial charge >= 0.3 is 5.97 Å². The van der Waals surface area contributed by atoms with E-state index in [1.54, 1.807) is 6.92 Å². The molecule has 0 heterocycles. The van der Waals surface area contributed by atoms with Gasteiger partial charge in [0.25, 0.3) is 0 Å². The topological polar surface area (TPSA) is 40.5 Å². The van der Waals surface area contributed by atoms with Crippen LogP contribution in [0.3, 0.4) is 0 Å². The van der Waals surface area contributed by atoms with Crippen molar-refractivity contribution in [2.75, 3.05) is 19.6 Å². The maximum atomic E-state index is 11.2. The molecule has 0 aliphatic carbocycles. The minimum absolute atomic E-state index is 0.425. The van der Waals surface area contributed by atoms with Crippen LogP contribution in [0.4, 0.5) is 0 Å². The minimum atomic E-state index is -0.845. The molecule has 0 aliphatic rings. The number of benzene rings is 1. The van der Waals surface area contributed by atoms with E-state index in [0.717, 1.165) is 37.2 Å². The van der Waals surface area contributed by atoms with Crippen LogP contribution in [0.2, 0.25) is 0 Å². The van der Waals surface area contributed by atoms with Gasteiger partial charge in [-0.3, -0.25) is 0 Å². The van der Waals surface area contributed by atoms with Gasteiger partial charge in [0.2, 0.25) is 0 Å². The first-order valence-electron chi connectivity index (χ1n) is 7.47. The zero-order chi connectivity index (χ0) is 15.7. The lowest BCUT2D eigenvalue weighted by Crippen LogP contribution is -2.24. The maximum Gasteiger partial charge on any atom is 0.331 e. The molecular formula is C18H25NO2. The van der Waals surface area contributed by atoms with E-state index in [1.165, 1.54) is 0 Å². The fourth-order valence-electron chi connectivity index (χ4n) is 2.11. The Morgan fingerprint density at radius 3 is 2.33 bits per heavy atom. The number of carboxylic acid groups (broad SMARTS) is 1. The van der Waals surface area contributed by atoms with Gasteiger partial charge < -0.3 is 10.0 Å². The molecule has 0 atom stereocenters. The quantitative estimate of drug-likeness (QED) is 0.583. The van der Waals surface area contributed by atoms with E-state index in [0.29, 0.717) is 5.57 Å². The summed E-state index contributed by atoms with van der Waals surface area (Å²) in [6.45, 7) is 8.77. The average molecular weight is 287 g/mol. The molecule has 0 bridgehead atoms. The van der Waals surface area contributed by atoms with Crippen LogP contribution < -0.4 is 0 Å². The smallest absolute Gasteiger partial charge is 0.331 e. The monoisotopic (exact) mass is 287 g/mol. The van der Waals surface area contributed by atoms with Crippen LogP contribution in [0.5, 0.6) is 0 Å². The van der Waals surface area contributed by atoms with E-state index >= 15 is 0 Å². The van der Waals surface area contributed by atoms with E-state index in [9.17, 15) is 9.90 Å². The molecule has 3 heteroatoms. The van der Waals surface area contributed by atoms with Crippen molar-refractivity contribution in [3.05, 3.63) is 53.1 Å². The molecule has 1 aromatic carbocycles. The Labute approximate surface area is 127 Å². The number of carbonyl (C=O) groups is 1. The largest absolute Gasteiger partial charge is 0.478 e. The number of hydrogen-bond donors (Lipinski definition) is 1. The molecule has 0 spiro atoms. The molecule has 114 valence electrons. The summed E-state index contributed by atoms with van der Waals surface area (Å²) < 4.78 is 0. The maximum absolute atomic E-state index is 11.2. The van der Waals surface area contributed by atoms with Gasteiger partial charge in [-0.2, -0.15) is 0 Å². The first-order valence-corrected chi connectivity index (χ1v) is 7.47. The second kappa shape index (κ2) is 9.14. The minimum Gasteiger partial charge on any atom is -0.478 e. The van der Waals surface area contributed by atoms with Crippen LogP contribution in [-0.2, 0) is 4.79 Å².